The number of hydrogen-bond acceptors (Lipinski definition) is 2. The average Bonchev–Trinajstić information content (AvgIpc) is 2.85. The number of aryl methyl sites for hydroxylation is 1. The third kappa shape index (κ3) is 1.79. The highest BCUT2D eigenvalue weighted by Crippen LogP contribution is 2.47. The summed E-state index contributed by atoms with van der Waals surface area (Å²) in [6.07, 6.45) is 3.10. The van der Waals surface area contributed by atoms with E-state index in [0.717, 1.165) is 18.7 Å². The summed E-state index contributed by atoms with van der Waals surface area (Å²) in [6.45, 7) is 4.10. The van der Waals surface area contributed by atoms with Crippen LogP contribution in [0.1, 0.15) is 36.8 Å². The summed E-state index contributed by atoms with van der Waals surface area (Å²) in [7, 11) is 2.14. The molecule has 0 radical (unpaired) electrons. The number of carboxylic acid groups (broad SMARTS) is 1. The number of para-hydroxylation sites is 1. The second-order valence-electron chi connectivity index (χ2n) is 6.81. The molecule has 5 rings (SSSR count). The third-order valence-corrected chi connectivity index (χ3v) is 5.45. The quantitative estimate of drug-likeness (QED) is 0.947. The van der Waals surface area contributed by atoms with Crippen molar-refractivity contribution in [1.82, 2.24) is 4.57 Å². The molecule has 4 heterocycles. The number of aromatic nitrogens is 1. The lowest BCUT2D eigenvalue weighted by atomic mass is 9.84. The minimum atomic E-state index is -0.722. The minimum absolute atomic E-state index is 0.352. The van der Waals surface area contributed by atoms with Crippen molar-refractivity contribution in [3.05, 3.63) is 29.3 Å². The Labute approximate surface area is 130 Å². The van der Waals surface area contributed by atoms with Gasteiger partial charge in [0.25, 0.3) is 0 Å². The van der Waals surface area contributed by atoms with Crippen LogP contribution < -0.4 is 4.90 Å². The SMILES string of the molecule is CC(Cc1cccc2c3c(n(C)c12)N1CCC3CC1)C(=O)O. The van der Waals surface area contributed by atoms with E-state index in [1.54, 1.807) is 6.92 Å². The number of aliphatic carboxylic acids is 1. The smallest absolute Gasteiger partial charge is 0.306 e. The molecule has 22 heavy (non-hydrogen) atoms. The zero-order chi connectivity index (χ0) is 15.4. The first-order valence-electron chi connectivity index (χ1n) is 8.16. The number of rotatable bonds is 3. The summed E-state index contributed by atoms with van der Waals surface area (Å²) in [4.78, 5) is 13.7. The largest absolute Gasteiger partial charge is 0.481 e. The zero-order valence-corrected chi connectivity index (χ0v) is 13.2. The molecule has 3 aliphatic rings. The number of nitrogens with zero attached hydrogens (tertiary/aromatic N) is 2. The number of carboxylic acids is 1. The second kappa shape index (κ2) is 4.77. The zero-order valence-electron chi connectivity index (χ0n) is 13.2. The first-order valence-corrected chi connectivity index (χ1v) is 8.16. The topological polar surface area (TPSA) is 45.5 Å². The van der Waals surface area contributed by atoms with Gasteiger partial charge in [0.2, 0.25) is 0 Å². The fourth-order valence-electron chi connectivity index (χ4n) is 4.36. The van der Waals surface area contributed by atoms with Gasteiger partial charge in [-0.25, -0.2) is 0 Å². The van der Waals surface area contributed by atoms with E-state index >= 15 is 0 Å². The van der Waals surface area contributed by atoms with E-state index in [9.17, 15) is 9.90 Å². The van der Waals surface area contributed by atoms with Crippen LogP contribution in [-0.2, 0) is 18.3 Å². The van der Waals surface area contributed by atoms with Crippen LogP contribution in [0.5, 0.6) is 0 Å². The molecule has 2 aromatic rings. The number of piperidine rings is 1. The van der Waals surface area contributed by atoms with E-state index in [-0.39, 0.29) is 5.92 Å². The molecule has 0 aliphatic carbocycles. The molecule has 116 valence electrons. The van der Waals surface area contributed by atoms with Gasteiger partial charge in [-0.2, -0.15) is 0 Å². The first kappa shape index (κ1) is 13.7. The van der Waals surface area contributed by atoms with Gasteiger partial charge in [0, 0.05) is 31.1 Å². The molecule has 3 aliphatic heterocycles. The molecule has 0 spiro atoms. The lowest BCUT2D eigenvalue weighted by molar-refractivity contribution is -0.141. The van der Waals surface area contributed by atoms with Crippen molar-refractivity contribution in [2.45, 2.75) is 32.1 Å². The van der Waals surface area contributed by atoms with Gasteiger partial charge in [-0.05, 0) is 30.7 Å². The maximum atomic E-state index is 11.2. The summed E-state index contributed by atoms with van der Waals surface area (Å²) in [5, 5.41) is 10.6. The van der Waals surface area contributed by atoms with Crippen molar-refractivity contribution in [1.29, 1.82) is 0 Å². The molecule has 1 N–H and O–H groups in total. The molecule has 4 nitrogen and oxygen atoms in total. The molecule has 0 amide bonds. The highest BCUT2D eigenvalue weighted by atomic mass is 16.4. The normalized spacial score (nSPS) is 18.7. The van der Waals surface area contributed by atoms with Gasteiger partial charge in [-0.15, -0.1) is 0 Å². The van der Waals surface area contributed by atoms with E-state index in [4.69, 9.17) is 0 Å². The molecule has 1 fully saturated rings. The van der Waals surface area contributed by atoms with Crippen molar-refractivity contribution < 1.29 is 9.90 Å². The molecule has 0 saturated carbocycles. The van der Waals surface area contributed by atoms with Crippen LogP contribution in [0.3, 0.4) is 0 Å². The monoisotopic (exact) mass is 298 g/mol. The predicted molar refractivity (Wildman–Crippen MR) is 87.6 cm³/mol. The van der Waals surface area contributed by atoms with Crippen molar-refractivity contribution in [2.24, 2.45) is 13.0 Å². The van der Waals surface area contributed by atoms with Crippen molar-refractivity contribution in [3.63, 3.8) is 0 Å². The fourth-order valence-corrected chi connectivity index (χ4v) is 4.36. The second-order valence-corrected chi connectivity index (χ2v) is 6.81. The number of anilines is 1. The number of hydrogen-bond donors (Lipinski definition) is 1. The van der Waals surface area contributed by atoms with Crippen LogP contribution in [0.25, 0.3) is 10.9 Å². The van der Waals surface area contributed by atoms with Gasteiger partial charge >= 0.3 is 5.97 Å². The molecule has 1 unspecified atom stereocenters. The molecule has 1 aromatic heterocycles. The maximum Gasteiger partial charge on any atom is 0.306 e. The van der Waals surface area contributed by atoms with E-state index in [0.29, 0.717) is 12.3 Å². The van der Waals surface area contributed by atoms with Gasteiger partial charge in [-0.1, -0.05) is 25.1 Å². The lowest BCUT2D eigenvalue weighted by Crippen LogP contribution is -2.39. The van der Waals surface area contributed by atoms with Gasteiger partial charge in [0.1, 0.15) is 5.82 Å². The van der Waals surface area contributed by atoms with Crippen LogP contribution in [0, 0.1) is 5.92 Å². The lowest BCUT2D eigenvalue weighted by Gasteiger charge is -2.41. The predicted octanol–water partition coefficient (Wildman–Crippen LogP) is 3.14. The number of fused-ring (bicyclic) bond motifs is 3. The van der Waals surface area contributed by atoms with E-state index in [1.807, 2.05) is 0 Å². The standard InChI is InChI=1S/C18H22N2O2/c1-11(18(21)22)10-13-4-3-5-14-15-12-6-8-20(9-7-12)17(15)19(2)16(13)14/h3-5,11-12H,6-10H2,1-2H3,(H,21,22). The molecule has 2 bridgehead atoms. The highest BCUT2D eigenvalue weighted by molar-refractivity contribution is 5.94. The van der Waals surface area contributed by atoms with Gasteiger partial charge in [-0.3, -0.25) is 4.79 Å². The Bertz CT molecular complexity index is 754. The Morgan fingerprint density at radius 1 is 1.36 bits per heavy atom. The van der Waals surface area contributed by atoms with Crippen molar-refractivity contribution in [3.8, 4) is 0 Å². The maximum absolute atomic E-state index is 11.2. The van der Waals surface area contributed by atoms with E-state index in [1.165, 1.54) is 35.1 Å². The third-order valence-electron chi connectivity index (χ3n) is 5.45. The Balaban J connectivity index is 1.91. The van der Waals surface area contributed by atoms with Crippen molar-refractivity contribution in [2.75, 3.05) is 18.0 Å². The van der Waals surface area contributed by atoms with Crippen LogP contribution in [0.2, 0.25) is 0 Å². The summed E-state index contributed by atoms with van der Waals surface area (Å²) in [5.41, 5.74) is 3.89. The van der Waals surface area contributed by atoms with E-state index in [2.05, 4.69) is 34.7 Å². The molecule has 1 atom stereocenters. The Morgan fingerprint density at radius 2 is 2.09 bits per heavy atom. The van der Waals surface area contributed by atoms with Gasteiger partial charge < -0.3 is 14.6 Å². The molecular formula is C18H22N2O2. The highest BCUT2D eigenvalue weighted by Gasteiger charge is 2.35. The Hall–Kier alpha value is -1.97. The summed E-state index contributed by atoms with van der Waals surface area (Å²) < 4.78 is 2.31. The van der Waals surface area contributed by atoms with Crippen LogP contribution in [-0.4, -0.2) is 28.7 Å². The average molecular weight is 298 g/mol. The van der Waals surface area contributed by atoms with Crippen molar-refractivity contribution >= 4 is 22.7 Å². The number of carbonyl (C=O) groups is 1. The van der Waals surface area contributed by atoms with Crippen LogP contribution in [0.15, 0.2) is 18.2 Å². The van der Waals surface area contributed by atoms with Crippen LogP contribution >= 0.6 is 0 Å². The first-order chi connectivity index (χ1) is 10.6. The molecule has 1 saturated heterocycles. The fraction of sp³-hybridized carbons (Fsp3) is 0.500. The molecule has 4 heteroatoms. The Kier molecular flexibility index (Phi) is 2.96. The molecular weight excluding hydrogens is 276 g/mol. The molecule has 1 aromatic carbocycles. The Morgan fingerprint density at radius 3 is 2.77 bits per heavy atom. The summed E-state index contributed by atoms with van der Waals surface area (Å²) in [6, 6.07) is 6.39. The van der Waals surface area contributed by atoms with E-state index < -0.39 is 5.97 Å². The van der Waals surface area contributed by atoms with Crippen LogP contribution in [0.4, 0.5) is 5.82 Å². The summed E-state index contributed by atoms with van der Waals surface area (Å²) in [5.74, 6) is 0.970. The van der Waals surface area contributed by atoms with Gasteiger partial charge in [0.15, 0.2) is 0 Å². The van der Waals surface area contributed by atoms with Gasteiger partial charge in [0.05, 0.1) is 11.4 Å². The summed E-state index contributed by atoms with van der Waals surface area (Å²) >= 11 is 0. The minimum Gasteiger partial charge on any atom is -0.481 e. The number of benzene rings is 1.